The van der Waals surface area contributed by atoms with Crippen molar-refractivity contribution >= 4 is 26.7 Å². The number of methoxy groups -OCH3 is 2. The van der Waals surface area contributed by atoms with Gasteiger partial charge in [0.25, 0.3) is 0 Å². The number of alkyl halides is 1. The molecule has 0 heterocycles. The highest BCUT2D eigenvalue weighted by molar-refractivity contribution is 9.09. The molecule has 23 heavy (non-hydrogen) atoms. The Morgan fingerprint density at radius 1 is 1.04 bits per heavy atom. The first kappa shape index (κ1) is 17.9. The summed E-state index contributed by atoms with van der Waals surface area (Å²) in [6.07, 6.45) is 0.938. The summed E-state index contributed by atoms with van der Waals surface area (Å²) in [5.41, 5.74) is 0. The predicted octanol–water partition coefficient (Wildman–Crippen LogP) is 4.43. The fourth-order valence-electron chi connectivity index (χ4n) is 2.43. The standard InChI is InChI=1S/C18H23BrO4/c1-4-22-18-15-8-6-5-7-14(15)16(11-17(18)21-3)23-12-13(20-2)9-10-19/h5-8,11,13H,4,9-10,12H2,1-3H3. The van der Waals surface area contributed by atoms with Gasteiger partial charge < -0.3 is 18.9 Å². The molecule has 2 rings (SSSR count). The van der Waals surface area contributed by atoms with Crippen LogP contribution in [-0.2, 0) is 4.74 Å². The van der Waals surface area contributed by atoms with Crippen LogP contribution in [0, 0.1) is 0 Å². The van der Waals surface area contributed by atoms with E-state index in [0.29, 0.717) is 19.0 Å². The van der Waals surface area contributed by atoms with Crippen molar-refractivity contribution < 1.29 is 18.9 Å². The topological polar surface area (TPSA) is 36.9 Å². The maximum atomic E-state index is 6.02. The first-order chi connectivity index (χ1) is 11.2. The number of ether oxygens (including phenoxy) is 4. The third kappa shape index (κ3) is 4.30. The van der Waals surface area contributed by atoms with Gasteiger partial charge in [-0.2, -0.15) is 0 Å². The molecule has 0 aromatic heterocycles. The lowest BCUT2D eigenvalue weighted by atomic mass is 10.1. The van der Waals surface area contributed by atoms with Crippen LogP contribution in [0.2, 0.25) is 0 Å². The number of hydrogen-bond donors (Lipinski definition) is 0. The number of halogens is 1. The highest BCUT2D eigenvalue weighted by atomic mass is 79.9. The Hall–Kier alpha value is -1.46. The number of benzene rings is 2. The molecule has 0 bridgehead atoms. The molecule has 0 fully saturated rings. The van der Waals surface area contributed by atoms with Crippen LogP contribution in [0.5, 0.6) is 17.2 Å². The lowest BCUT2D eigenvalue weighted by molar-refractivity contribution is 0.0570. The zero-order valence-corrected chi connectivity index (χ0v) is 15.4. The summed E-state index contributed by atoms with van der Waals surface area (Å²) in [5, 5.41) is 2.87. The van der Waals surface area contributed by atoms with Crippen molar-refractivity contribution in [2.24, 2.45) is 0 Å². The van der Waals surface area contributed by atoms with Crippen LogP contribution in [-0.4, -0.2) is 38.9 Å². The third-order valence-corrected chi connectivity index (χ3v) is 4.08. The molecule has 0 N–H and O–H groups in total. The quantitative estimate of drug-likeness (QED) is 0.601. The first-order valence-corrected chi connectivity index (χ1v) is 8.81. The fraction of sp³-hybridized carbons (Fsp3) is 0.444. The van der Waals surface area contributed by atoms with Crippen LogP contribution in [0.1, 0.15) is 13.3 Å². The first-order valence-electron chi connectivity index (χ1n) is 7.69. The van der Waals surface area contributed by atoms with E-state index in [-0.39, 0.29) is 6.10 Å². The maximum absolute atomic E-state index is 6.02. The van der Waals surface area contributed by atoms with Crippen molar-refractivity contribution in [1.82, 2.24) is 0 Å². The van der Waals surface area contributed by atoms with Crippen LogP contribution < -0.4 is 14.2 Å². The summed E-state index contributed by atoms with van der Waals surface area (Å²) in [6, 6.07) is 9.90. The predicted molar refractivity (Wildman–Crippen MR) is 96.4 cm³/mol. The molecule has 0 aliphatic heterocycles. The number of rotatable bonds is 9. The summed E-state index contributed by atoms with van der Waals surface area (Å²) < 4.78 is 22.7. The van der Waals surface area contributed by atoms with Crippen LogP contribution in [0.15, 0.2) is 30.3 Å². The monoisotopic (exact) mass is 382 g/mol. The highest BCUT2D eigenvalue weighted by Crippen LogP contribution is 2.41. The van der Waals surface area contributed by atoms with Crippen LogP contribution in [0.25, 0.3) is 10.8 Å². The van der Waals surface area contributed by atoms with Crippen LogP contribution >= 0.6 is 15.9 Å². The van der Waals surface area contributed by atoms with Crippen molar-refractivity contribution in [3.63, 3.8) is 0 Å². The summed E-state index contributed by atoms with van der Waals surface area (Å²) in [5.74, 6) is 2.20. The van der Waals surface area contributed by atoms with E-state index in [1.54, 1.807) is 14.2 Å². The molecule has 2 aromatic rings. The average Bonchev–Trinajstić information content (AvgIpc) is 2.59. The minimum Gasteiger partial charge on any atom is -0.493 e. The molecule has 126 valence electrons. The molecule has 0 saturated carbocycles. The molecule has 1 unspecified atom stereocenters. The van der Waals surface area contributed by atoms with Gasteiger partial charge in [-0.3, -0.25) is 0 Å². The molecule has 0 saturated heterocycles. The SMILES string of the molecule is CCOc1c(OC)cc(OCC(CCBr)OC)c2ccccc12. The molecule has 0 aliphatic rings. The van der Waals surface area contributed by atoms with E-state index in [0.717, 1.165) is 34.0 Å². The van der Waals surface area contributed by atoms with E-state index >= 15 is 0 Å². The van der Waals surface area contributed by atoms with E-state index in [9.17, 15) is 0 Å². The van der Waals surface area contributed by atoms with Gasteiger partial charge in [0.2, 0.25) is 0 Å². The smallest absolute Gasteiger partial charge is 0.169 e. The highest BCUT2D eigenvalue weighted by Gasteiger charge is 2.16. The Morgan fingerprint density at radius 2 is 1.78 bits per heavy atom. The van der Waals surface area contributed by atoms with Crippen LogP contribution in [0.4, 0.5) is 0 Å². The number of hydrogen-bond acceptors (Lipinski definition) is 4. The second-order valence-corrected chi connectivity index (χ2v) is 5.82. The zero-order valence-electron chi connectivity index (χ0n) is 13.8. The zero-order chi connectivity index (χ0) is 16.7. The summed E-state index contributed by atoms with van der Waals surface area (Å²) in [4.78, 5) is 0. The van der Waals surface area contributed by atoms with Gasteiger partial charge in [0.15, 0.2) is 11.5 Å². The van der Waals surface area contributed by atoms with Gasteiger partial charge in [0.05, 0.1) is 19.8 Å². The van der Waals surface area contributed by atoms with Gasteiger partial charge in [0.1, 0.15) is 12.4 Å². The van der Waals surface area contributed by atoms with Gasteiger partial charge >= 0.3 is 0 Å². The normalized spacial score (nSPS) is 12.2. The van der Waals surface area contributed by atoms with Gasteiger partial charge in [0, 0.05) is 29.3 Å². The average molecular weight is 383 g/mol. The minimum absolute atomic E-state index is 0.0469. The third-order valence-electron chi connectivity index (χ3n) is 3.62. The van der Waals surface area contributed by atoms with E-state index in [4.69, 9.17) is 18.9 Å². The molecule has 0 aliphatic carbocycles. The van der Waals surface area contributed by atoms with Crippen molar-refractivity contribution in [2.75, 3.05) is 32.8 Å². The maximum Gasteiger partial charge on any atom is 0.169 e. The second-order valence-electron chi connectivity index (χ2n) is 5.03. The molecular weight excluding hydrogens is 360 g/mol. The van der Waals surface area contributed by atoms with Gasteiger partial charge in [-0.15, -0.1) is 0 Å². The molecule has 5 heteroatoms. The van der Waals surface area contributed by atoms with Crippen molar-refractivity contribution in [3.05, 3.63) is 30.3 Å². The van der Waals surface area contributed by atoms with Crippen molar-refractivity contribution in [3.8, 4) is 17.2 Å². The molecule has 0 radical (unpaired) electrons. The number of fused-ring (bicyclic) bond motifs is 1. The summed E-state index contributed by atoms with van der Waals surface area (Å²) in [7, 11) is 3.34. The Kier molecular flexibility index (Phi) is 6.99. The fourth-order valence-corrected chi connectivity index (χ4v) is 2.94. The molecular formula is C18H23BrO4. The van der Waals surface area contributed by atoms with E-state index in [2.05, 4.69) is 15.9 Å². The largest absolute Gasteiger partial charge is 0.493 e. The second kappa shape index (κ2) is 8.99. The molecule has 4 nitrogen and oxygen atoms in total. The summed E-state index contributed by atoms with van der Waals surface area (Å²) >= 11 is 3.43. The van der Waals surface area contributed by atoms with Crippen LogP contribution in [0.3, 0.4) is 0 Å². The Morgan fingerprint density at radius 3 is 2.39 bits per heavy atom. The minimum atomic E-state index is 0.0469. The Bertz CT molecular complexity index is 630. The van der Waals surface area contributed by atoms with Gasteiger partial charge in [-0.1, -0.05) is 40.2 Å². The molecule has 2 aromatic carbocycles. The lowest BCUT2D eigenvalue weighted by Crippen LogP contribution is -2.20. The van der Waals surface area contributed by atoms with Gasteiger partial charge in [-0.25, -0.2) is 0 Å². The molecule has 0 spiro atoms. The van der Waals surface area contributed by atoms with Crippen molar-refractivity contribution in [1.29, 1.82) is 0 Å². The summed E-state index contributed by atoms with van der Waals surface area (Å²) in [6.45, 7) is 3.03. The Labute approximate surface area is 145 Å². The Balaban J connectivity index is 2.37. The molecule has 1 atom stereocenters. The van der Waals surface area contributed by atoms with E-state index < -0.39 is 0 Å². The van der Waals surface area contributed by atoms with Gasteiger partial charge in [-0.05, 0) is 13.3 Å². The van der Waals surface area contributed by atoms with Crippen molar-refractivity contribution in [2.45, 2.75) is 19.4 Å². The van der Waals surface area contributed by atoms with E-state index in [1.807, 2.05) is 37.3 Å². The lowest BCUT2D eigenvalue weighted by Gasteiger charge is -2.19. The molecule has 0 amide bonds. The van der Waals surface area contributed by atoms with E-state index in [1.165, 1.54) is 0 Å².